The Bertz CT molecular complexity index is 1160. The molecular weight excluding hydrogens is 421 g/mol. The molecule has 0 aliphatic rings. The Morgan fingerprint density at radius 3 is 2.33 bits per heavy atom. The lowest BCUT2D eigenvalue weighted by Crippen LogP contribution is -2.17. The molecule has 0 amide bonds. The fourth-order valence-corrected chi connectivity index (χ4v) is 3.27. The van der Waals surface area contributed by atoms with Gasteiger partial charge in [0.1, 0.15) is 23.3 Å². The van der Waals surface area contributed by atoms with Gasteiger partial charge < -0.3 is 21.1 Å². The summed E-state index contributed by atoms with van der Waals surface area (Å²) in [4.78, 5) is 17.4. The lowest BCUT2D eigenvalue weighted by molar-refractivity contribution is 0.276. The van der Waals surface area contributed by atoms with Gasteiger partial charge in [0.25, 0.3) is 0 Å². The summed E-state index contributed by atoms with van der Waals surface area (Å²) in [6.45, 7) is 1.82. The Labute approximate surface area is 191 Å². The summed E-state index contributed by atoms with van der Waals surface area (Å²) < 4.78 is 13.3. The van der Waals surface area contributed by atoms with Crippen LogP contribution in [0, 0.1) is 5.82 Å². The van der Waals surface area contributed by atoms with E-state index < -0.39 is 0 Å². The molecule has 2 atom stereocenters. The average Bonchev–Trinajstić information content (AvgIpc) is 2.84. The van der Waals surface area contributed by atoms with Gasteiger partial charge in [-0.3, -0.25) is 4.98 Å². The lowest BCUT2D eigenvalue weighted by atomic mass is 10.1. The van der Waals surface area contributed by atoms with E-state index in [0.717, 1.165) is 11.1 Å². The Hall–Kier alpha value is -4.11. The fraction of sp³-hybridized carbons (Fsp3) is 0.167. The number of aliphatic hydroxyl groups excluding tert-OH is 1. The van der Waals surface area contributed by atoms with Crippen molar-refractivity contribution < 1.29 is 9.50 Å². The molecule has 4 aromatic rings. The van der Waals surface area contributed by atoms with Crippen LogP contribution in [0.4, 0.5) is 27.8 Å². The molecule has 1 unspecified atom stereocenters. The van der Waals surface area contributed by atoms with Crippen LogP contribution in [0.3, 0.4) is 0 Å². The Morgan fingerprint density at radius 2 is 1.64 bits per heavy atom. The van der Waals surface area contributed by atoms with Gasteiger partial charge >= 0.3 is 0 Å². The van der Waals surface area contributed by atoms with Crippen LogP contribution < -0.4 is 16.0 Å². The molecule has 0 fully saturated rings. The van der Waals surface area contributed by atoms with Crippen LogP contribution in [0.2, 0.25) is 0 Å². The number of rotatable bonds is 9. The van der Waals surface area contributed by atoms with Crippen LogP contribution >= 0.6 is 0 Å². The third kappa shape index (κ3) is 5.98. The van der Waals surface area contributed by atoms with E-state index >= 15 is 0 Å². The smallest absolute Gasteiger partial charge is 0.227 e. The minimum atomic E-state index is -0.354. The number of nitrogens with zero attached hydrogens (tertiary/aromatic N) is 4. The molecular formula is C24H24FN7O. The zero-order valence-corrected chi connectivity index (χ0v) is 18.0. The summed E-state index contributed by atoms with van der Waals surface area (Å²) in [5, 5.41) is 19.6. The van der Waals surface area contributed by atoms with Crippen LogP contribution in [0.15, 0.2) is 79.3 Å². The first-order valence-electron chi connectivity index (χ1n) is 10.5. The van der Waals surface area contributed by atoms with Gasteiger partial charge in [-0.2, -0.15) is 9.97 Å². The molecule has 4 rings (SSSR count). The van der Waals surface area contributed by atoms with E-state index in [-0.39, 0.29) is 24.5 Å². The van der Waals surface area contributed by atoms with Crippen LogP contribution in [-0.2, 0) is 0 Å². The highest BCUT2D eigenvalue weighted by Crippen LogP contribution is 2.24. The summed E-state index contributed by atoms with van der Waals surface area (Å²) in [5.41, 5.74) is 1.82. The van der Waals surface area contributed by atoms with Crippen molar-refractivity contribution in [2.45, 2.75) is 19.0 Å². The number of hydrogen-bond acceptors (Lipinski definition) is 8. The predicted molar refractivity (Wildman–Crippen MR) is 126 cm³/mol. The van der Waals surface area contributed by atoms with E-state index in [0.29, 0.717) is 23.4 Å². The first-order valence-corrected chi connectivity index (χ1v) is 10.5. The highest BCUT2D eigenvalue weighted by molar-refractivity contribution is 5.59. The molecule has 0 radical (unpaired) electrons. The number of aliphatic hydroxyl groups is 1. The molecule has 9 heteroatoms. The molecule has 2 heterocycles. The van der Waals surface area contributed by atoms with Crippen molar-refractivity contribution in [3.05, 3.63) is 96.2 Å². The maximum atomic E-state index is 13.3. The molecule has 0 aliphatic carbocycles. The largest absolute Gasteiger partial charge is 0.394 e. The van der Waals surface area contributed by atoms with E-state index in [1.807, 2.05) is 37.3 Å². The first kappa shape index (κ1) is 22.1. The molecule has 8 nitrogen and oxygen atoms in total. The second-order valence-corrected chi connectivity index (χ2v) is 7.39. The molecule has 0 saturated heterocycles. The summed E-state index contributed by atoms with van der Waals surface area (Å²) in [6, 6.07) is 17.1. The van der Waals surface area contributed by atoms with Gasteiger partial charge in [-0.1, -0.05) is 42.5 Å². The molecule has 33 heavy (non-hydrogen) atoms. The first-order chi connectivity index (χ1) is 16.1. The number of anilines is 4. The molecule has 0 spiro atoms. The maximum Gasteiger partial charge on any atom is 0.227 e. The van der Waals surface area contributed by atoms with E-state index in [1.165, 1.54) is 12.1 Å². The zero-order chi connectivity index (χ0) is 23.0. The Morgan fingerprint density at radius 1 is 0.879 bits per heavy atom. The molecule has 2 aromatic heterocycles. The summed E-state index contributed by atoms with van der Waals surface area (Å²) in [7, 11) is 0. The summed E-state index contributed by atoms with van der Waals surface area (Å²) in [6.07, 6.45) is 4.75. The van der Waals surface area contributed by atoms with Crippen molar-refractivity contribution in [2.75, 3.05) is 22.6 Å². The van der Waals surface area contributed by atoms with Gasteiger partial charge in [0.05, 0.1) is 24.9 Å². The number of aromatic nitrogens is 4. The summed E-state index contributed by atoms with van der Waals surface area (Å²) >= 11 is 0. The lowest BCUT2D eigenvalue weighted by Gasteiger charge is -2.20. The summed E-state index contributed by atoms with van der Waals surface area (Å²) in [5.74, 6) is 1.59. The van der Waals surface area contributed by atoms with Crippen molar-refractivity contribution >= 4 is 23.4 Å². The van der Waals surface area contributed by atoms with Gasteiger partial charge in [-0.15, -0.1) is 0 Å². The van der Waals surface area contributed by atoms with Crippen molar-refractivity contribution in [1.29, 1.82) is 0 Å². The van der Waals surface area contributed by atoms with E-state index in [9.17, 15) is 9.50 Å². The standard InChI is InChI=1S/C24H24FN7O/c1-16(17-7-9-19(25)10-8-17)28-24-31-21(29-20(15-33)18-5-3-2-4-6-18)13-22(32-24)30-23-14-26-11-12-27-23/h2-14,16,20,33H,15H2,1H3,(H3,27,28,29,30,31,32)/t16-,20?/m0/s1. The van der Waals surface area contributed by atoms with Crippen LogP contribution in [-0.4, -0.2) is 31.6 Å². The fourth-order valence-electron chi connectivity index (χ4n) is 3.27. The van der Waals surface area contributed by atoms with Gasteiger partial charge in [-0.05, 0) is 30.2 Å². The van der Waals surface area contributed by atoms with Crippen molar-refractivity contribution in [2.24, 2.45) is 0 Å². The quantitative estimate of drug-likeness (QED) is 0.299. The van der Waals surface area contributed by atoms with E-state index in [4.69, 9.17) is 0 Å². The number of hydrogen-bond donors (Lipinski definition) is 4. The SMILES string of the molecule is C[C@H](Nc1nc(Nc2cnccn2)cc(NC(CO)c2ccccc2)n1)c1ccc(F)cc1. The normalized spacial score (nSPS) is 12.6. The second-order valence-electron chi connectivity index (χ2n) is 7.39. The van der Waals surface area contributed by atoms with E-state index in [1.54, 1.807) is 36.8 Å². The highest BCUT2D eigenvalue weighted by atomic mass is 19.1. The van der Waals surface area contributed by atoms with Crippen LogP contribution in [0.5, 0.6) is 0 Å². The number of nitrogens with one attached hydrogen (secondary N) is 3. The third-order valence-electron chi connectivity index (χ3n) is 4.97. The van der Waals surface area contributed by atoms with Crippen LogP contribution in [0.1, 0.15) is 30.1 Å². The minimum absolute atomic E-state index is 0.115. The van der Waals surface area contributed by atoms with E-state index in [2.05, 4.69) is 35.9 Å². The third-order valence-corrected chi connectivity index (χ3v) is 4.97. The molecule has 0 aliphatic heterocycles. The van der Waals surface area contributed by atoms with Gasteiger partial charge in [0, 0.05) is 18.5 Å². The van der Waals surface area contributed by atoms with Gasteiger partial charge in [-0.25, -0.2) is 9.37 Å². The number of halogens is 1. The molecule has 0 bridgehead atoms. The zero-order valence-electron chi connectivity index (χ0n) is 18.0. The molecule has 168 valence electrons. The minimum Gasteiger partial charge on any atom is -0.394 e. The van der Waals surface area contributed by atoms with Crippen LogP contribution in [0.25, 0.3) is 0 Å². The average molecular weight is 446 g/mol. The molecule has 2 aromatic carbocycles. The topological polar surface area (TPSA) is 108 Å². The molecule has 4 N–H and O–H groups in total. The second kappa shape index (κ2) is 10.5. The Kier molecular flexibility index (Phi) is 7.01. The van der Waals surface area contributed by atoms with Crippen molar-refractivity contribution in [1.82, 2.24) is 19.9 Å². The molecule has 0 saturated carbocycles. The van der Waals surface area contributed by atoms with Gasteiger partial charge in [0.15, 0.2) is 0 Å². The van der Waals surface area contributed by atoms with Crippen molar-refractivity contribution in [3.63, 3.8) is 0 Å². The van der Waals surface area contributed by atoms with Crippen molar-refractivity contribution in [3.8, 4) is 0 Å². The predicted octanol–water partition coefficient (Wildman–Crippen LogP) is 4.47. The Balaban J connectivity index is 1.61. The highest BCUT2D eigenvalue weighted by Gasteiger charge is 2.14. The number of benzene rings is 2. The van der Waals surface area contributed by atoms with Gasteiger partial charge in [0.2, 0.25) is 5.95 Å². The monoisotopic (exact) mass is 445 g/mol. The maximum absolute atomic E-state index is 13.3.